The number of carbonyl (C=O) groups is 1. The third kappa shape index (κ3) is 2.14. The molecule has 6 heteroatoms. The van der Waals surface area contributed by atoms with E-state index in [2.05, 4.69) is 15.0 Å². The lowest BCUT2D eigenvalue weighted by molar-refractivity contribution is 0.102. The lowest BCUT2D eigenvalue weighted by atomic mass is 10.1. The second-order valence-electron chi connectivity index (χ2n) is 3.10. The smallest absolute Gasteiger partial charge is 0.257 e. The number of nitrogens with zero attached hydrogens (tertiary/aromatic N) is 1. The van der Waals surface area contributed by atoms with E-state index in [1.165, 1.54) is 18.5 Å². The number of aromatic nitrogens is 1. The van der Waals surface area contributed by atoms with Crippen molar-refractivity contribution in [3.8, 4) is 0 Å². The molecular weight excluding hydrogens is 230 g/mol. The molecule has 2 aromatic rings. The van der Waals surface area contributed by atoms with Gasteiger partial charge in [0.2, 0.25) is 0 Å². The first-order valence-electron chi connectivity index (χ1n) is 4.42. The van der Waals surface area contributed by atoms with Gasteiger partial charge in [0.25, 0.3) is 5.91 Å². The van der Waals surface area contributed by atoms with Crippen LogP contribution in [-0.2, 0) is 0 Å². The summed E-state index contributed by atoms with van der Waals surface area (Å²) in [6.07, 6.45) is 2.71. The Bertz CT molecular complexity index is 511. The van der Waals surface area contributed by atoms with E-state index in [1.807, 2.05) is 0 Å². The molecule has 1 amide bonds. The first kappa shape index (κ1) is 10.5. The number of nitrogen functional groups attached to an aromatic ring is 1. The molecule has 0 aliphatic carbocycles. The number of nitrogens with two attached hydrogens (primary N) is 1. The van der Waals surface area contributed by atoms with Crippen LogP contribution in [0.4, 0.5) is 11.4 Å². The highest BCUT2D eigenvalue weighted by Crippen LogP contribution is 2.19. The number of nitrogens with one attached hydrogen (secondary N) is 1. The second kappa shape index (κ2) is 4.24. The Hall–Kier alpha value is -2.01. The lowest BCUT2D eigenvalue weighted by Crippen LogP contribution is -2.13. The van der Waals surface area contributed by atoms with Crippen LogP contribution < -0.4 is 11.1 Å². The second-order valence-corrected chi connectivity index (χ2v) is 3.54. The number of anilines is 2. The Morgan fingerprint density at radius 3 is 3.00 bits per heavy atom. The minimum atomic E-state index is -0.358. The van der Waals surface area contributed by atoms with Gasteiger partial charge in [-0.1, -0.05) is 16.8 Å². The van der Waals surface area contributed by atoms with Crippen molar-refractivity contribution in [3.63, 3.8) is 0 Å². The summed E-state index contributed by atoms with van der Waals surface area (Å²) in [6, 6.07) is 4.69. The molecule has 1 aromatic carbocycles. The van der Waals surface area contributed by atoms with Crippen LogP contribution in [-0.4, -0.2) is 11.1 Å². The Balaban J connectivity index is 2.24. The Morgan fingerprint density at radius 2 is 2.31 bits per heavy atom. The fraction of sp³-hybridized carbons (Fsp3) is 0. The molecule has 0 fully saturated rings. The lowest BCUT2D eigenvalue weighted by Gasteiger charge is -2.05. The molecular formula is C10H8ClN3O2. The minimum Gasteiger partial charge on any atom is -0.398 e. The van der Waals surface area contributed by atoms with Crippen LogP contribution in [0.3, 0.4) is 0 Å². The summed E-state index contributed by atoms with van der Waals surface area (Å²) in [6.45, 7) is 0. The van der Waals surface area contributed by atoms with Crippen LogP contribution in [0.25, 0.3) is 0 Å². The zero-order valence-electron chi connectivity index (χ0n) is 8.11. The van der Waals surface area contributed by atoms with Gasteiger partial charge < -0.3 is 15.6 Å². The summed E-state index contributed by atoms with van der Waals surface area (Å²) in [5, 5.41) is 6.48. The largest absolute Gasteiger partial charge is 0.398 e. The SMILES string of the molecule is Nc1ccc(Cl)cc1C(=O)Nc1cnoc1. The average molecular weight is 238 g/mol. The van der Waals surface area contributed by atoms with E-state index >= 15 is 0 Å². The Labute approximate surface area is 96.2 Å². The molecule has 16 heavy (non-hydrogen) atoms. The van der Waals surface area contributed by atoms with Gasteiger partial charge in [-0.2, -0.15) is 0 Å². The molecule has 0 saturated carbocycles. The number of benzene rings is 1. The van der Waals surface area contributed by atoms with Gasteiger partial charge in [-0.15, -0.1) is 0 Å². The maximum absolute atomic E-state index is 11.8. The number of halogens is 1. The summed E-state index contributed by atoms with van der Waals surface area (Å²) in [5.41, 5.74) is 6.80. The zero-order valence-corrected chi connectivity index (χ0v) is 8.86. The number of hydrogen-bond acceptors (Lipinski definition) is 4. The van der Waals surface area contributed by atoms with Crippen molar-refractivity contribution in [1.82, 2.24) is 5.16 Å². The summed E-state index contributed by atoms with van der Waals surface area (Å²) >= 11 is 5.78. The van der Waals surface area contributed by atoms with Gasteiger partial charge in [0.05, 0.1) is 11.8 Å². The van der Waals surface area contributed by atoms with Crippen molar-refractivity contribution in [2.75, 3.05) is 11.1 Å². The van der Waals surface area contributed by atoms with Crippen LogP contribution in [0, 0.1) is 0 Å². The molecule has 0 aliphatic rings. The van der Waals surface area contributed by atoms with E-state index in [0.29, 0.717) is 22.0 Å². The predicted octanol–water partition coefficient (Wildman–Crippen LogP) is 2.16. The van der Waals surface area contributed by atoms with Crippen LogP contribution in [0.5, 0.6) is 0 Å². The van der Waals surface area contributed by atoms with Crippen LogP contribution in [0.15, 0.2) is 35.2 Å². The Morgan fingerprint density at radius 1 is 1.50 bits per heavy atom. The molecule has 0 radical (unpaired) electrons. The maximum atomic E-state index is 11.8. The van der Waals surface area contributed by atoms with Gasteiger partial charge in [0, 0.05) is 10.7 Å². The maximum Gasteiger partial charge on any atom is 0.257 e. The van der Waals surface area contributed by atoms with Crippen molar-refractivity contribution < 1.29 is 9.32 Å². The molecule has 5 nitrogen and oxygen atoms in total. The molecule has 0 bridgehead atoms. The topological polar surface area (TPSA) is 81.2 Å². The molecule has 0 spiro atoms. The van der Waals surface area contributed by atoms with Crippen LogP contribution in [0.1, 0.15) is 10.4 Å². The highest BCUT2D eigenvalue weighted by molar-refractivity contribution is 6.31. The fourth-order valence-electron chi connectivity index (χ4n) is 1.19. The van der Waals surface area contributed by atoms with E-state index in [1.54, 1.807) is 12.1 Å². The van der Waals surface area contributed by atoms with Gasteiger partial charge in [0.15, 0.2) is 0 Å². The molecule has 1 aromatic heterocycles. The molecule has 3 N–H and O–H groups in total. The monoisotopic (exact) mass is 237 g/mol. The van der Waals surface area contributed by atoms with E-state index in [9.17, 15) is 4.79 Å². The van der Waals surface area contributed by atoms with Crippen LogP contribution in [0.2, 0.25) is 5.02 Å². The first-order valence-corrected chi connectivity index (χ1v) is 4.80. The predicted molar refractivity (Wildman–Crippen MR) is 60.3 cm³/mol. The van der Waals surface area contributed by atoms with Crippen molar-refractivity contribution in [2.45, 2.75) is 0 Å². The molecule has 0 atom stereocenters. The normalized spacial score (nSPS) is 10.1. The van der Waals surface area contributed by atoms with E-state index in [4.69, 9.17) is 17.3 Å². The number of rotatable bonds is 2. The highest BCUT2D eigenvalue weighted by atomic mass is 35.5. The quantitative estimate of drug-likeness (QED) is 0.785. The van der Waals surface area contributed by atoms with Crippen molar-refractivity contribution in [2.24, 2.45) is 0 Å². The molecule has 0 aliphatic heterocycles. The minimum absolute atomic E-state index is 0.314. The first-order chi connectivity index (χ1) is 7.66. The summed E-state index contributed by atoms with van der Waals surface area (Å²) in [4.78, 5) is 11.8. The third-order valence-corrected chi connectivity index (χ3v) is 2.19. The summed E-state index contributed by atoms with van der Waals surface area (Å²) < 4.78 is 4.58. The Kier molecular flexibility index (Phi) is 2.78. The molecule has 1 heterocycles. The van der Waals surface area contributed by atoms with Crippen molar-refractivity contribution >= 4 is 28.9 Å². The highest BCUT2D eigenvalue weighted by Gasteiger charge is 2.11. The molecule has 0 unspecified atom stereocenters. The van der Waals surface area contributed by atoms with Gasteiger partial charge in [-0.25, -0.2) is 0 Å². The molecule has 2 rings (SSSR count). The number of carbonyl (C=O) groups excluding carboxylic acids is 1. The van der Waals surface area contributed by atoms with Gasteiger partial charge in [-0.05, 0) is 18.2 Å². The molecule has 0 saturated heterocycles. The third-order valence-electron chi connectivity index (χ3n) is 1.95. The molecule has 82 valence electrons. The van der Waals surface area contributed by atoms with Gasteiger partial charge >= 0.3 is 0 Å². The van der Waals surface area contributed by atoms with Crippen molar-refractivity contribution in [3.05, 3.63) is 41.2 Å². The van der Waals surface area contributed by atoms with E-state index < -0.39 is 0 Å². The number of amides is 1. The summed E-state index contributed by atoms with van der Waals surface area (Å²) in [5.74, 6) is -0.358. The van der Waals surface area contributed by atoms with Crippen molar-refractivity contribution in [1.29, 1.82) is 0 Å². The van der Waals surface area contributed by atoms with E-state index in [-0.39, 0.29) is 5.91 Å². The van der Waals surface area contributed by atoms with E-state index in [0.717, 1.165) is 0 Å². The standard InChI is InChI=1S/C10H8ClN3O2/c11-6-1-2-9(12)8(3-6)10(15)14-7-4-13-16-5-7/h1-5H,12H2,(H,14,15). The average Bonchev–Trinajstić information content (AvgIpc) is 2.74. The van der Waals surface area contributed by atoms with Gasteiger partial charge in [0.1, 0.15) is 12.0 Å². The van der Waals surface area contributed by atoms with Crippen LogP contribution >= 0.6 is 11.6 Å². The fourth-order valence-corrected chi connectivity index (χ4v) is 1.36. The zero-order chi connectivity index (χ0) is 11.5. The summed E-state index contributed by atoms with van der Waals surface area (Å²) in [7, 11) is 0. The van der Waals surface area contributed by atoms with Gasteiger partial charge in [-0.3, -0.25) is 4.79 Å². The number of hydrogen-bond donors (Lipinski definition) is 2.